The molecule has 1 saturated heterocycles. The molecule has 1 aromatic rings. The van der Waals surface area contributed by atoms with Gasteiger partial charge in [0.2, 0.25) is 11.9 Å². The standard InChI is InChI=1S/C24H38N6O3S.C2H6/c1-20(28-24(26-12-11-25-21(2)31)27-13-16-34(4,32)33)29(3)18-22-9-8-10-23(17-22)19-30-14-6-5-7-15-30;1-2/h8-12,17H,5-7,13-16,18-19H2,1-4H3,(H,25,31)(H,26,27);1-2H3/b12-11+,28-20+;. The monoisotopic (exact) mass is 520 g/mol. The largest absolute Gasteiger partial charge is 0.359 e. The van der Waals surface area contributed by atoms with Crippen LogP contribution in [0.15, 0.2) is 46.7 Å². The second-order valence-electron chi connectivity index (χ2n) is 8.69. The average molecular weight is 521 g/mol. The van der Waals surface area contributed by atoms with Crippen LogP contribution in [0.2, 0.25) is 0 Å². The van der Waals surface area contributed by atoms with Crippen LogP contribution >= 0.6 is 0 Å². The van der Waals surface area contributed by atoms with Gasteiger partial charge in [0, 0.05) is 45.7 Å². The molecule has 1 aliphatic heterocycles. The molecular weight excluding hydrogens is 476 g/mol. The highest BCUT2D eigenvalue weighted by molar-refractivity contribution is 7.90. The highest BCUT2D eigenvalue weighted by atomic mass is 32.2. The Morgan fingerprint density at radius 1 is 1.08 bits per heavy atom. The maximum absolute atomic E-state index is 11.4. The molecule has 36 heavy (non-hydrogen) atoms. The minimum absolute atomic E-state index is 0.0677. The molecule has 0 atom stereocenters. The zero-order valence-electron chi connectivity index (χ0n) is 22.7. The van der Waals surface area contributed by atoms with E-state index in [2.05, 4.69) is 49.8 Å². The van der Waals surface area contributed by atoms with Gasteiger partial charge in [-0.1, -0.05) is 44.5 Å². The van der Waals surface area contributed by atoms with E-state index in [-0.39, 0.29) is 24.2 Å². The molecule has 0 bridgehead atoms. The second-order valence-corrected chi connectivity index (χ2v) is 10.9. The number of guanidine groups is 1. The maximum Gasteiger partial charge on any atom is 0.223 e. The first-order chi connectivity index (χ1) is 17.1. The summed E-state index contributed by atoms with van der Waals surface area (Å²) in [4.78, 5) is 24.4. The number of piperidine rings is 1. The highest BCUT2D eigenvalue weighted by Gasteiger charge is 2.11. The van der Waals surface area contributed by atoms with E-state index < -0.39 is 9.84 Å². The fourth-order valence-electron chi connectivity index (χ4n) is 3.53. The Bertz CT molecular complexity index is 999. The van der Waals surface area contributed by atoms with Crippen molar-refractivity contribution in [3.05, 3.63) is 47.8 Å². The van der Waals surface area contributed by atoms with E-state index in [1.165, 1.54) is 69.1 Å². The predicted molar refractivity (Wildman–Crippen MR) is 150 cm³/mol. The van der Waals surface area contributed by atoms with Gasteiger partial charge in [0.15, 0.2) is 0 Å². The number of rotatable bonds is 9. The molecule has 0 radical (unpaired) electrons. The number of amidine groups is 1. The summed E-state index contributed by atoms with van der Waals surface area (Å²) in [5, 5.41) is 5.43. The van der Waals surface area contributed by atoms with Gasteiger partial charge in [-0.2, -0.15) is 0 Å². The van der Waals surface area contributed by atoms with Crippen molar-refractivity contribution >= 4 is 27.5 Å². The van der Waals surface area contributed by atoms with Crippen molar-refractivity contribution in [2.75, 3.05) is 38.7 Å². The summed E-state index contributed by atoms with van der Waals surface area (Å²) >= 11 is 0. The Morgan fingerprint density at radius 3 is 2.36 bits per heavy atom. The third-order valence-electron chi connectivity index (χ3n) is 5.39. The van der Waals surface area contributed by atoms with Crippen LogP contribution in [-0.4, -0.2) is 74.6 Å². The number of hydrogen-bond donors (Lipinski definition) is 2. The van der Waals surface area contributed by atoms with Crippen molar-refractivity contribution < 1.29 is 13.2 Å². The van der Waals surface area contributed by atoms with Gasteiger partial charge >= 0.3 is 0 Å². The Morgan fingerprint density at radius 2 is 1.72 bits per heavy atom. The van der Waals surface area contributed by atoms with Crippen LogP contribution in [0.1, 0.15) is 58.1 Å². The molecule has 0 unspecified atom stereocenters. The SMILES string of the molecule is CC.CC(=O)N/C=C/NC(=NCCS(C)(=O)=O)/N=C(\C)N(C)Cc1cccc(CN2CCCCC2)c1. The number of carbonyl (C=O) groups is 1. The quantitative estimate of drug-likeness (QED) is 0.383. The molecule has 9 nitrogen and oxygen atoms in total. The van der Waals surface area contributed by atoms with Crippen LogP contribution in [0, 0.1) is 0 Å². The van der Waals surface area contributed by atoms with Crippen LogP contribution in [0.3, 0.4) is 0 Å². The lowest BCUT2D eigenvalue weighted by Gasteiger charge is -2.26. The van der Waals surface area contributed by atoms with Gasteiger partial charge in [0.1, 0.15) is 15.7 Å². The normalized spacial score (nSPS) is 15.3. The molecule has 202 valence electrons. The topological polar surface area (TPSA) is 106 Å². The summed E-state index contributed by atoms with van der Waals surface area (Å²) in [7, 11) is -1.17. The van der Waals surface area contributed by atoms with Crippen LogP contribution in [-0.2, 0) is 27.7 Å². The molecule has 1 amide bonds. The number of benzene rings is 1. The minimum Gasteiger partial charge on any atom is -0.359 e. The molecule has 2 N–H and O–H groups in total. The van der Waals surface area contributed by atoms with Crippen molar-refractivity contribution in [2.24, 2.45) is 9.98 Å². The van der Waals surface area contributed by atoms with Gasteiger partial charge < -0.3 is 15.5 Å². The zero-order chi connectivity index (χ0) is 27.0. The van der Waals surface area contributed by atoms with Gasteiger partial charge in [-0.15, -0.1) is 0 Å². The molecule has 0 aliphatic carbocycles. The van der Waals surface area contributed by atoms with Gasteiger partial charge in [-0.05, 0) is 44.0 Å². The summed E-state index contributed by atoms with van der Waals surface area (Å²) < 4.78 is 22.9. The smallest absolute Gasteiger partial charge is 0.223 e. The van der Waals surface area contributed by atoms with Crippen LogP contribution in [0.4, 0.5) is 0 Å². The molecule has 1 aliphatic rings. The lowest BCUT2D eigenvalue weighted by atomic mass is 10.1. The number of nitrogens with zero attached hydrogens (tertiary/aromatic N) is 4. The van der Waals surface area contributed by atoms with Crippen molar-refractivity contribution in [3.8, 4) is 0 Å². The number of amides is 1. The molecule has 0 spiro atoms. The first-order valence-corrected chi connectivity index (χ1v) is 14.7. The average Bonchev–Trinajstić information content (AvgIpc) is 2.83. The Kier molecular flexibility index (Phi) is 14.7. The van der Waals surface area contributed by atoms with E-state index in [1.807, 2.05) is 32.7 Å². The zero-order valence-corrected chi connectivity index (χ0v) is 23.6. The number of carbonyl (C=O) groups excluding carboxylic acids is 1. The molecule has 10 heteroatoms. The van der Waals surface area contributed by atoms with Crippen LogP contribution in [0.5, 0.6) is 0 Å². The third-order valence-corrected chi connectivity index (χ3v) is 6.32. The summed E-state index contributed by atoms with van der Waals surface area (Å²) in [6.45, 7) is 11.4. The lowest BCUT2D eigenvalue weighted by molar-refractivity contribution is -0.118. The number of sulfone groups is 1. The maximum atomic E-state index is 11.4. The van der Waals surface area contributed by atoms with E-state index in [4.69, 9.17) is 0 Å². The molecule has 0 aromatic heterocycles. The summed E-state index contributed by atoms with van der Waals surface area (Å²) in [5.74, 6) is 0.728. The van der Waals surface area contributed by atoms with E-state index >= 15 is 0 Å². The Balaban J connectivity index is 0.00000316. The number of nitrogens with one attached hydrogen (secondary N) is 2. The fourth-order valence-corrected chi connectivity index (χ4v) is 3.96. The van der Waals surface area contributed by atoms with Crippen LogP contribution in [0.25, 0.3) is 0 Å². The summed E-state index contributed by atoms with van der Waals surface area (Å²) in [6, 6.07) is 8.63. The Labute approximate surface area is 217 Å². The highest BCUT2D eigenvalue weighted by Crippen LogP contribution is 2.15. The first-order valence-electron chi connectivity index (χ1n) is 12.6. The van der Waals surface area contributed by atoms with Crippen molar-refractivity contribution in [2.45, 2.75) is 60.0 Å². The minimum atomic E-state index is -3.13. The van der Waals surface area contributed by atoms with Crippen LogP contribution < -0.4 is 10.6 Å². The summed E-state index contributed by atoms with van der Waals surface area (Å²) in [5.41, 5.74) is 2.51. The number of likely N-dealkylation sites (tertiary alicyclic amines) is 1. The molecular formula is C26H44N6O3S. The van der Waals surface area contributed by atoms with Gasteiger partial charge in [0.05, 0.1) is 12.3 Å². The first kappa shape index (κ1) is 31.3. The van der Waals surface area contributed by atoms with Gasteiger partial charge in [0.25, 0.3) is 0 Å². The fraction of sp³-hybridized carbons (Fsp3) is 0.577. The molecule has 0 saturated carbocycles. The van der Waals surface area contributed by atoms with Crippen molar-refractivity contribution in [1.29, 1.82) is 0 Å². The molecule has 1 heterocycles. The lowest BCUT2D eigenvalue weighted by Crippen LogP contribution is -2.29. The second kappa shape index (κ2) is 16.9. The summed E-state index contributed by atoms with van der Waals surface area (Å²) in [6.07, 6.45) is 8.00. The predicted octanol–water partition coefficient (Wildman–Crippen LogP) is 3.15. The van der Waals surface area contributed by atoms with E-state index in [1.54, 1.807) is 0 Å². The molecule has 1 fully saturated rings. The Hall–Kier alpha value is -2.72. The van der Waals surface area contributed by atoms with Gasteiger partial charge in [-0.3, -0.25) is 9.69 Å². The third kappa shape index (κ3) is 14.0. The van der Waals surface area contributed by atoms with E-state index in [0.717, 1.165) is 12.4 Å². The van der Waals surface area contributed by atoms with Crippen molar-refractivity contribution in [3.63, 3.8) is 0 Å². The van der Waals surface area contributed by atoms with E-state index in [0.29, 0.717) is 6.54 Å². The molecule has 2 rings (SSSR count). The number of hydrogen-bond acceptors (Lipinski definition) is 5. The number of aliphatic imine (C=N–C) groups is 2. The van der Waals surface area contributed by atoms with Gasteiger partial charge in [-0.25, -0.2) is 18.4 Å². The van der Waals surface area contributed by atoms with Crippen molar-refractivity contribution in [1.82, 2.24) is 20.4 Å². The van der Waals surface area contributed by atoms with E-state index in [9.17, 15) is 13.2 Å². The molecule has 1 aromatic carbocycles.